The first-order chi connectivity index (χ1) is 9.41. The van der Waals surface area contributed by atoms with Gasteiger partial charge in [0.05, 0.1) is 5.56 Å². The molecule has 0 amide bonds. The van der Waals surface area contributed by atoms with Crippen molar-refractivity contribution in [1.29, 1.82) is 0 Å². The fraction of sp³-hybridized carbons (Fsp3) is 0.625. The minimum Gasteiger partial charge on any atom is -0.204 e. The predicted molar refractivity (Wildman–Crippen MR) is 68.6 cm³/mol. The van der Waals surface area contributed by atoms with Crippen molar-refractivity contribution in [3.05, 3.63) is 34.9 Å². The van der Waals surface area contributed by atoms with Crippen molar-refractivity contribution in [2.24, 2.45) is 17.8 Å². The molecule has 1 fully saturated rings. The highest BCUT2D eigenvalue weighted by molar-refractivity contribution is 5.39. The van der Waals surface area contributed by atoms with Crippen LogP contribution in [0.2, 0.25) is 0 Å². The lowest BCUT2D eigenvalue weighted by atomic mass is 9.74. The number of alkyl halides is 2. The molecule has 0 aromatic heterocycles. The topological polar surface area (TPSA) is 0 Å². The average molecular weight is 286 g/mol. The number of hydrogen-bond acceptors (Lipinski definition) is 0. The molecule has 0 heterocycles. The van der Waals surface area contributed by atoms with Crippen molar-refractivity contribution >= 4 is 0 Å². The summed E-state index contributed by atoms with van der Waals surface area (Å²) in [5, 5.41) is 0. The molecular weight excluding hydrogens is 268 g/mol. The first kappa shape index (κ1) is 13.9. The molecule has 0 nitrogen and oxygen atoms in total. The van der Waals surface area contributed by atoms with Crippen molar-refractivity contribution in [1.82, 2.24) is 0 Å². The van der Waals surface area contributed by atoms with E-state index < -0.39 is 29.0 Å². The zero-order chi connectivity index (χ0) is 14.5. The molecule has 1 unspecified atom stereocenters. The van der Waals surface area contributed by atoms with Crippen molar-refractivity contribution in [2.75, 3.05) is 0 Å². The smallest absolute Gasteiger partial charge is 0.204 e. The summed E-state index contributed by atoms with van der Waals surface area (Å²) in [4.78, 5) is 0. The quantitative estimate of drug-likeness (QED) is 0.633. The zero-order valence-electron chi connectivity index (χ0n) is 11.4. The van der Waals surface area contributed by atoms with Crippen LogP contribution in [0.1, 0.15) is 43.7 Å². The van der Waals surface area contributed by atoms with Crippen LogP contribution in [-0.4, -0.2) is 0 Å². The summed E-state index contributed by atoms with van der Waals surface area (Å²) in [5.41, 5.74) is -0.418. The predicted octanol–water partition coefficient (Wildman–Crippen LogP) is 5.06. The largest absolute Gasteiger partial charge is 0.279 e. The van der Waals surface area contributed by atoms with Gasteiger partial charge in [0, 0.05) is 5.92 Å². The van der Waals surface area contributed by atoms with Crippen LogP contribution in [0.4, 0.5) is 17.6 Å². The van der Waals surface area contributed by atoms with Crippen LogP contribution in [0.15, 0.2) is 12.1 Å². The Balaban J connectivity index is 1.92. The second-order valence-electron chi connectivity index (χ2n) is 6.35. The Morgan fingerprint density at radius 2 is 1.70 bits per heavy atom. The van der Waals surface area contributed by atoms with Crippen LogP contribution in [0.3, 0.4) is 0 Å². The lowest BCUT2D eigenvalue weighted by molar-refractivity contribution is -0.0839. The van der Waals surface area contributed by atoms with Crippen molar-refractivity contribution in [3.8, 4) is 0 Å². The van der Waals surface area contributed by atoms with Crippen LogP contribution in [0.5, 0.6) is 0 Å². The Bertz CT molecular complexity index is 515. The first-order valence-corrected chi connectivity index (χ1v) is 7.26. The summed E-state index contributed by atoms with van der Waals surface area (Å²) in [7, 11) is 0. The molecule has 3 rings (SSSR count). The van der Waals surface area contributed by atoms with Gasteiger partial charge in [-0.2, -0.15) is 0 Å². The molecule has 0 spiro atoms. The minimum absolute atomic E-state index is 0.0870. The third-order valence-corrected chi connectivity index (χ3v) is 5.05. The van der Waals surface area contributed by atoms with Gasteiger partial charge in [0.1, 0.15) is 0 Å². The van der Waals surface area contributed by atoms with E-state index in [-0.39, 0.29) is 17.9 Å². The first-order valence-electron chi connectivity index (χ1n) is 7.26. The van der Waals surface area contributed by atoms with E-state index in [1.54, 1.807) is 0 Å². The molecule has 0 bridgehead atoms. The van der Waals surface area contributed by atoms with Gasteiger partial charge in [0.25, 0.3) is 5.92 Å². The van der Waals surface area contributed by atoms with E-state index >= 15 is 0 Å². The maximum atomic E-state index is 14.5. The van der Waals surface area contributed by atoms with Gasteiger partial charge in [-0.15, -0.1) is 0 Å². The third-order valence-electron chi connectivity index (χ3n) is 5.05. The van der Waals surface area contributed by atoms with Crippen molar-refractivity contribution < 1.29 is 17.6 Å². The van der Waals surface area contributed by atoms with Gasteiger partial charge in [0.2, 0.25) is 0 Å². The summed E-state index contributed by atoms with van der Waals surface area (Å²) in [6.07, 6.45) is 3.59. The van der Waals surface area contributed by atoms with Crippen LogP contribution >= 0.6 is 0 Å². The summed E-state index contributed by atoms with van der Waals surface area (Å²) < 4.78 is 56.0. The molecule has 1 aromatic carbocycles. The molecule has 0 aliphatic heterocycles. The van der Waals surface area contributed by atoms with E-state index in [9.17, 15) is 17.6 Å². The summed E-state index contributed by atoms with van der Waals surface area (Å²) in [6, 6.07) is 2.27. The number of halogens is 4. The molecule has 0 radical (unpaired) electrons. The highest BCUT2D eigenvalue weighted by Gasteiger charge is 2.53. The van der Waals surface area contributed by atoms with Gasteiger partial charge >= 0.3 is 0 Å². The number of rotatable bonds is 1. The third kappa shape index (κ3) is 2.04. The van der Waals surface area contributed by atoms with E-state index in [1.165, 1.54) is 6.07 Å². The lowest BCUT2D eigenvalue weighted by Gasteiger charge is -2.33. The molecule has 2 aliphatic rings. The molecule has 20 heavy (non-hydrogen) atoms. The van der Waals surface area contributed by atoms with E-state index in [0.717, 1.165) is 31.7 Å². The Morgan fingerprint density at radius 1 is 1.05 bits per heavy atom. The number of fused-ring (bicyclic) bond motifs is 1. The van der Waals surface area contributed by atoms with E-state index in [4.69, 9.17) is 0 Å². The van der Waals surface area contributed by atoms with Crippen molar-refractivity contribution in [2.45, 2.75) is 45.0 Å². The number of hydrogen-bond donors (Lipinski definition) is 0. The standard InChI is InChI=1S/C16H18F4/c1-9-2-4-10(5-3-9)12-8-11-6-7-13(17)15(18)14(11)16(12,19)20/h6-7,9-10,12H,2-5,8H2,1H3. The highest BCUT2D eigenvalue weighted by atomic mass is 19.3. The normalized spacial score (nSPS) is 32.1. The molecule has 0 N–H and O–H groups in total. The maximum Gasteiger partial charge on any atom is 0.279 e. The van der Waals surface area contributed by atoms with Crippen LogP contribution in [0, 0.1) is 29.4 Å². The van der Waals surface area contributed by atoms with Crippen LogP contribution < -0.4 is 0 Å². The fourth-order valence-electron chi connectivity index (χ4n) is 3.82. The molecular formula is C16H18F4. The Hall–Kier alpha value is -1.06. The second-order valence-corrected chi connectivity index (χ2v) is 6.35. The van der Waals surface area contributed by atoms with E-state index in [0.29, 0.717) is 5.92 Å². The minimum atomic E-state index is -3.24. The molecule has 1 aromatic rings. The van der Waals surface area contributed by atoms with Gasteiger partial charge in [-0.1, -0.05) is 25.8 Å². The summed E-state index contributed by atoms with van der Waals surface area (Å²) in [5.74, 6) is -6.16. The lowest BCUT2D eigenvalue weighted by Crippen LogP contribution is -2.31. The summed E-state index contributed by atoms with van der Waals surface area (Å²) >= 11 is 0. The second kappa shape index (κ2) is 4.74. The van der Waals surface area contributed by atoms with Gasteiger partial charge in [0.15, 0.2) is 11.6 Å². The zero-order valence-corrected chi connectivity index (χ0v) is 11.4. The fourth-order valence-corrected chi connectivity index (χ4v) is 3.82. The number of benzene rings is 1. The molecule has 1 atom stereocenters. The monoisotopic (exact) mass is 286 g/mol. The van der Waals surface area contributed by atoms with Crippen LogP contribution in [0.25, 0.3) is 0 Å². The molecule has 4 heteroatoms. The molecule has 2 aliphatic carbocycles. The van der Waals surface area contributed by atoms with Gasteiger partial charge in [-0.3, -0.25) is 0 Å². The Kier molecular flexibility index (Phi) is 3.30. The Morgan fingerprint density at radius 3 is 2.35 bits per heavy atom. The molecule has 110 valence electrons. The molecule has 0 saturated heterocycles. The Labute approximate surface area is 116 Å². The van der Waals surface area contributed by atoms with E-state index in [2.05, 4.69) is 6.92 Å². The van der Waals surface area contributed by atoms with Crippen LogP contribution in [-0.2, 0) is 12.3 Å². The maximum absolute atomic E-state index is 14.5. The highest BCUT2D eigenvalue weighted by Crippen LogP contribution is 2.53. The van der Waals surface area contributed by atoms with Gasteiger partial charge < -0.3 is 0 Å². The van der Waals surface area contributed by atoms with Crippen molar-refractivity contribution in [3.63, 3.8) is 0 Å². The molecule has 1 saturated carbocycles. The average Bonchev–Trinajstić information content (AvgIpc) is 2.67. The van der Waals surface area contributed by atoms with Gasteiger partial charge in [-0.25, -0.2) is 17.6 Å². The summed E-state index contributed by atoms with van der Waals surface area (Å²) in [6.45, 7) is 2.13. The van der Waals surface area contributed by atoms with Gasteiger partial charge in [-0.05, 0) is 42.7 Å². The van der Waals surface area contributed by atoms with E-state index in [1.807, 2.05) is 0 Å². The SMILES string of the molecule is CC1CCC(C2Cc3ccc(F)c(F)c3C2(F)F)CC1.